The molecule has 1 atom stereocenters. The molecular weight excluding hydrogens is 328 g/mol. The molecule has 1 rings (SSSR count). The number of hydrogen-bond acceptors (Lipinski definition) is 3. The van der Waals surface area contributed by atoms with Gasteiger partial charge in [-0.2, -0.15) is 0 Å². The molecule has 5 heteroatoms. The third-order valence-corrected chi connectivity index (χ3v) is 4.51. The SMILES string of the molecule is C#CC(CC)(CC)NC(=O)[C@@H](NC(=O)c1ccccc1OCC)C(C)C. The van der Waals surface area contributed by atoms with Gasteiger partial charge in [0.1, 0.15) is 17.3 Å². The molecule has 0 unspecified atom stereocenters. The lowest BCUT2D eigenvalue weighted by Crippen LogP contribution is -2.56. The van der Waals surface area contributed by atoms with E-state index in [1.54, 1.807) is 24.3 Å². The Morgan fingerprint density at radius 1 is 1.19 bits per heavy atom. The van der Waals surface area contributed by atoms with Crippen molar-refractivity contribution in [2.45, 2.75) is 59.0 Å². The summed E-state index contributed by atoms with van der Waals surface area (Å²) in [6.07, 6.45) is 6.88. The first-order valence-electron chi connectivity index (χ1n) is 9.16. The van der Waals surface area contributed by atoms with Crippen LogP contribution in [0.3, 0.4) is 0 Å². The number of ether oxygens (including phenoxy) is 1. The van der Waals surface area contributed by atoms with Gasteiger partial charge in [0.2, 0.25) is 5.91 Å². The second kappa shape index (κ2) is 9.86. The van der Waals surface area contributed by atoms with Gasteiger partial charge < -0.3 is 15.4 Å². The van der Waals surface area contributed by atoms with E-state index in [1.807, 2.05) is 34.6 Å². The fraction of sp³-hybridized carbons (Fsp3) is 0.524. The molecule has 0 heterocycles. The molecule has 2 N–H and O–H groups in total. The number of hydrogen-bond donors (Lipinski definition) is 2. The van der Waals surface area contributed by atoms with E-state index in [1.165, 1.54) is 0 Å². The number of amides is 2. The molecule has 0 aliphatic carbocycles. The van der Waals surface area contributed by atoms with Crippen LogP contribution < -0.4 is 15.4 Å². The minimum Gasteiger partial charge on any atom is -0.493 e. The molecule has 0 spiro atoms. The largest absolute Gasteiger partial charge is 0.493 e. The van der Waals surface area contributed by atoms with Crippen molar-refractivity contribution in [1.82, 2.24) is 10.6 Å². The van der Waals surface area contributed by atoms with Gasteiger partial charge >= 0.3 is 0 Å². The highest BCUT2D eigenvalue weighted by molar-refractivity contribution is 5.99. The van der Waals surface area contributed by atoms with Crippen molar-refractivity contribution in [2.75, 3.05) is 6.61 Å². The van der Waals surface area contributed by atoms with Gasteiger partial charge in [-0.1, -0.05) is 45.7 Å². The van der Waals surface area contributed by atoms with Crippen LogP contribution in [0.1, 0.15) is 57.8 Å². The van der Waals surface area contributed by atoms with Crippen LogP contribution in [-0.4, -0.2) is 30.0 Å². The molecule has 26 heavy (non-hydrogen) atoms. The van der Waals surface area contributed by atoms with Gasteiger partial charge in [0.25, 0.3) is 5.91 Å². The standard InChI is InChI=1S/C21H30N2O3/c1-7-21(8-2,9-3)23-20(25)18(15(5)6)22-19(24)16-13-11-12-14-17(16)26-10-4/h1,11-15,18H,8-10H2,2-6H3,(H,22,24)(H,23,25)/t18-/m0/s1. The highest BCUT2D eigenvalue weighted by Crippen LogP contribution is 2.19. The molecule has 0 saturated heterocycles. The predicted octanol–water partition coefficient (Wildman–Crippen LogP) is 3.15. The van der Waals surface area contributed by atoms with E-state index < -0.39 is 11.6 Å². The van der Waals surface area contributed by atoms with Crippen molar-refractivity contribution in [2.24, 2.45) is 5.92 Å². The minimum absolute atomic E-state index is 0.0950. The van der Waals surface area contributed by atoms with Crippen molar-refractivity contribution in [3.8, 4) is 18.1 Å². The molecule has 2 amide bonds. The number of benzene rings is 1. The smallest absolute Gasteiger partial charge is 0.255 e. The van der Waals surface area contributed by atoms with Crippen molar-refractivity contribution >= 4 is 11.8 Å². The molecule has 1 aromatic carbocycles. The van der Waals surface area contributed by atoms with Crippen LogP contribution in [0.5, 0.6) is 5.75 Å². The number of rotatable bonds is 9. The first-order chi connectivity index (χ1) is 12.3. The summed E-state index contributed by atoms with van der Waals surface area (Å²) < 4.78 is 5.51. The second-order valence-corrected chi connectivity index (χ2v) is 6.55. The maximum absolute atomic E-state index is 12.8. The Morgan fingerprint density at radius 2 is 1.81 bits per heavy atom. The molecule has 0 saturated carbocycles. The zero-order valence-corrected chi connectivity index (χ0v) is 16.4. The summed E-state index contributed by atoms with van der Waals surface area (Å²) in [5, 5.41) is 5.76. The molecular formula is C21H30N2O3. The van der Waals surface area contributed by atoms with Crippen LogP contribution in [0.4, 0.5) is 0 Å². The Balaban J connectivity index is 3.00. The van der Waals surface area contributed by atoms with Gasteiger partial charge in [-0.3, -0.25) is 9.59 Å². The Labute approximate surface area is 156 Å². The van der Waals surface area contributed by atoms with E-state index in [2.05, 4.69) is 16.6 Å². The van der Waals surface area contributed by atoms with Gasteiger partial charge in [-0.25, -0.2) is 0 Å². The maximum atomic E-state index is 12.8. The summed E-state index contributed by atoms with van der Waals surface area (Å²) in [6, 6.07) is 6.29. The van der Waals surface area contributed by atoms with E-state index in [0.29, 0.717) is 30.8 Å². The van der Waals surface area contributed by atoms with E-state index >= 15 is 0 Å². The summed E-state index contributed by atoms with van der Waals surface area (Å²) in [4.78, 5) is 25.5. The molecule has 0 aliphatic rings. The van der Waals surface area contributed by atoms with Crippen molar-refractivity contribution in [3.63, 3.8) is 0 Å². The van der Waals surface area contributed by atoms with Crippen molar-refractivity contribution in [3.05, 3.63) is 29.8 Å². The Morgan fingerprint density at radius 3 is 2.31 bits per heavy atom. The average molecular weight is 358 g/mol. The number of terminal acetylenes is 1. The molecule has 0 aliphatic heterocycles. The van der Waals surface area contributed by atoms with Gasteiger partial charge in [0, 0.05) is 0 Å². The summed E-state index contributed by atoms with van der Waals surface area (Å²) >= 11 is 0. The predicted molar refractivity (Wildman–Crippen MR) is 104 cm³/mol. The normalized spacial score (nSPS) is 12.2. The lowest BCUT2D eigenvalue weighted by atomic mass is 9.92. The maximum Gasteiger partial charge on any atom is 0.255 e. The third kappa shape index (κ3) is 5.26. The van der Waals surface area contributed by atoms with Crippen LogP contribution >= 0.6 is 0 Å². The van der Waals surface area contributed by atoms with Gasteiger partial charge in [0.15, 0.2) is 0 Å². The third-order valence-electron chi connectivity index (χ3n) is 4.51. The lowest BCUT2D eigenvalue weighted by molar-refractivity contribution is -0.125. The zero-order chi connectivity index (χ0) is 19.7. The summed E-state index contributed by atoms with van der Waals surface area (Å²) in [5.74, 6) is 2.47. The van der Waals surface area contributed by atoms with E-state index in [9.17, 15) is 9.59 Å². The molecule has 0 radical (unpaired) electrons. The Kier molecular flexibility index (Phi) is 8.18. The summed E-state index contributed by atoms with van der Waals surface area (Å²) in [7, 11) is 0. The Hall–Kier alpha value is -2.48. The zero-order valence-electron chi connectivity index (χ0n) is 16.4. The number of carbonyl (C=O) groups excluding carboxylic acids is 2. The minimum atomic E-state index is -0.696. The highest BCUT2D eigenvalue weighted by Gasteiger charge is 2.32. The van der Waals surface area contributed by atoms with Crippen molar-refractivity contribution in [1.29, 1.82) is 0 Å². The van der Waals surface area contributed by atoms with E-state index in [4.69, 9.17) is 11.2 Å². The van der Waals surface area contributed by atoms with Crippen LogP contribution in [-0.2, 0) is 4.79 Å². The first kappa shape index (κ1) is 21.6. The Bertz CT molecular complexity index is 657. The number of carbonyl (C=O) groups is 2. The van der Waals surface area contributed by atoms with Crippen molar-refractivity contribution < 1.29 is 14.3 Å². The molecule has 0 aromatic heterocycles. The van der Waals surface area contributed by atoms with Crippen LogP contribution in [0.25, 0.3) is 0 Å². The average Bonchev–Trinajstić information content (AvgIpc) is 2.64. The molecule has 142 valence electrons. The topological polar surface area (TPSA) is 67.4 Å². The fourth-order valence-electron chi connectivity index (χ4n) is 2.67. The van der Waals surface area contributed by atoms with Gasteiger partial charge in [0.05, 0.1) is 12.2 Å². The monoisotopic (exact) mass is 358 g/mol. The fourth-order valence-corrected chi connectivity index (χ4v) is 2.67. The van der Waals surface area contributed by atoms with Crippen LogP contribution in [0.15, 0.2) is 24.3 Å². The molecule has 1 aromatic rings. The molecule has 0 bridgehead atoms. The molecule has 0 fully saturated rings. The lowest BCUT2D eigenvalue weighted by Gasteiger charge is -2.31. The van der Waals surface area contributed by atoms with E-state index in [-0.39, 0.29) is 17.7 Å². The number of nitrogens with one attached hydrogen (secondary N) is 2. The second-order valence-electron chi connectivity index (χ2n) is 6.55. The van der Waals surface area contributed by atoms with Crippen LogP contribution in [0.2, 0.25) is 0 Å². The van der Waals surface area contributed by atoms with Gasteiger partial charge in [-0.15, -0.1) is 6.42 Å². The summed E-state index contributed by atoms with van der Waals surface area (Å²) in [6.45, 7) is 9.95. The molecule has 5 nitrogen and oxygen atoms in total. The first-order valence-corrected chi connectivity index (χ1v) is 9.16. The highest BCUT2D eigenvalue weighted by atomic mass is 16.5. The number of para-hydroxylation sites is 1. The van der Waals surface area contributed by atoms with Gasteiger partial charge in [-0.05, 0) is 37.8 Å². The van der Waals surface area contributed by atoms with Crippen LogP contribution in [0, 0.1) is 18.3 Å². The van der Waals surface area contributed by atoms with E-state index in [0.717, 1.165) is 0 Å². The summed E-state index contributed by atoms with van der Waals surface area (Å²) in [5.41, 5.74) is -0.292. The quantitative estimate of drug-likeness (QED) is 0.667.